The molecule has 2 aromatic carbocycles. The van der Waals surface area contributed by atoms with Crippen LogP contribution in [0.2, 0.25) is 0 Å². The number of aliphatic hydroxyl groups is 2. The molecule has 2 aliphatic carbocycles. The van der Waals surface area contributed by atoms with Crippen molar-refractivity contribution in [2.45, 2.75) is 45.8 Å². The van der Waals surface area contributed by atoms with Crippen LogP contribution in [-0.2, 0) is 0 Å². The average Bonchev–Trinajstić information content (AvgIpc) is 2.86. The van der Waals surface area contributed by atoms with E-state index in [1.807, 2.05) is 24.3 Å². The molecule has 2 aliphatic rings. The zero-order chi connectivity index (χ0) is 16.4. The van der Waals surface area contributed by atoms with Gasteiger partial charge in [-0.25, -0.2) is 0 Å². The van der Waals surface area contributed by atoms with Crippen molar-refractivity contribution in [3.05, 3.63) is 48.0 Å². The maximum atomic E-state index is 11.2. The van der Waals surface area contributed by atoms with Gasteiger partial charge in [-0.05, 0) is 45.9 Å². The molecule has 23 heavy (non-hydrogen) atoms. The molecule has 122 valence electrons. The lowest BCUT2D eigenvalue weighted by molar-refractivity contribution is -0.0511. The number of hydrogen-bond donors (Lipinski definition) is 2. The Morgan fingerprint density at radius 1 is 1.04 bits per heavy atom. The first kappa shape index (κ1) is 15.2. The van der Waals surface area contributed by atoms with Gasteiger partial charge in [0.1, 0.15) is 0 Å². The highest BCUT2D eigenvalue weighted by Gasteiger charge is 2.67. The Bertz CT molecular complexity index is 745. The van der Waals surface area contributed by atoms with E-state index in [0.717, 1.165) is 29.2 Å². The smallest absolute Gasteiger partial charge is 0.0851 e. The minimum absolute atomic E-state index is 0.0721. The summed E-state index contributed by atoms with van der Waals surface area (Å²) in [5.74, 6) is 0.297. The lowest BCUT2D eigenvalue weighted by Crippen LogP contribution is -2.39. The van der Waals surface area contributed by atoms with Crippen molar-refractivity contribution in [1.29, 1.82) is 0 Å². The largest absolute Gasteiger partial charge is 0.392 e. The zero-order valence-electron chi connectivity index (χ0n) is 14.2. The molecular formula is C21H26O2. The van der Waals surface area contributed by atoms with Crippen LogP contribution in [0.15, 0.2) is 42.5 Å². The molecule has 2 heteroatoms. The summed E-state index contributed by atoms with van der Waals surface area (Å²) >= 11 is 0. The molecule has 5 atom stereocenters. The fourth-order valence-corrected chi connectivity index (χ4v) is 5.52. The van der Waals surface area contributed by atoms with Gasteiger partial charge < -0.3 is 10.2 Å². The van der Waals surface area contributed by atoms with Crippen molar-refractivity contribution in [1.82, 2.24) is 0 Å². The minimum atomic E-state index is -0.609. The second kappa shape index (κ2) is 4.81. The van der Waals surface area contributed by atoms with Gasteiger partial charge in [0.2, 0.25) is 0 Å². The highest BCUT2D eigenvalue weighted by atomic mass is 16.3. The van der Waals surface area contributed by atoms with Crippen molar-refractivity contribution in [3.8, 4) is 0 Å². The van der Waals surface area contributed by atoms with Crippen molar-refractivity contribution >= 4 is 10.8 Å². The van der Waals surface area contributed by atoms with Gasteiger partial charge in [-0.1, -0.05) is 63.2 Å². The lowest BCUT2D eigenvalue weighted by Gasteiger charge is -2.38. The topological polar surface area (TPSA) is 40.5 Å². The molecule has 2 fully saturated rings. The first-order valence-electron chi connectivity index (χ1n) is 8.72. The molecule has 2 N–H and O–H groups in total. The highest BCUT2D eigenvalue weighted by molar-refractivity contribution is 5.86. The van der Waals surface area contributed by atoms with Gasteiger partial charge >= 0.3 is 0 Å². The van der Waals surface area contributed by atoms with Crippen LogP contribution in [0, 0.1) is 22.7 Å². The molecule has 2 nitrogen and oxygen atoms in total. The fraction of sp³-hybridized carbons (Fsp3) is 0.524. The Labute approximate surface area is 138 Å². The van der Waals surface area contributed by atoms with Crippen molar-refractivity contribution in [2.24, 2.45) is 22.7 Å². The van der Waals surface area contributed by atoms with Crippen molar-refractivity contribution in [3.63, 3.8) is 0 Å². The van der Waals surface area contributed by atoms with E-state index in [4.69, 9.17) is 0 Å². The number of fused-ring (bicyclic) bond motifs is 3. The van der Waals surface area contributed by atoms with Crippen LogP contribution in [-0.4, -0.2) is 16.3 Å². The third-order valence-corrected chi connectivity index (χ3v) is 7.36. The Balaban J connectivity index is 1.79. The summed E-state index contributed by atoms with van der Waals surface area (Å²) in [6, 6.07) is 14.3. The molecule has 0 amide bonds. The van der Waals surface area contributed by atoms with E-state index in [0.29, 0.717) is 5.92 Å². The highest BCUT2D eigenvalue weighted by Crippen LogP contribution is 2.69. The molecule has 0 unspecified atom stereocenters. The van der Waals surface area contributed by atoms with Crippen LogP contribution < -0.4 is 0 Å². The predicted molar refractivity (Wildman–Crippen MR) is 93.0 cm³/mol. The monoisotopic (exact) mass is 310 g/mol. The van der Waals surface area contributed by atoms with E-state index >= 15 is 0 Å². The number of benzene rings is 2. The van der Waals surface area contributed by atoms with Crippen LogP contribution in [0.4, 0.5) is 0 Å². The van der Waals surface area contributed by atoms with E-state index in [1.165, 1.54) is 0 Å². The van der Waals surface area contributed by atoms with Crippen molar-refractivity contribution in [2.75, 3.05) is 0 Å². The quantitative estimate of drug-likeness (QED) is 0.868. The Hall–Kier alpha value is -1.38. The van der Waals surface area contributed by atoms with E-state index < -0.39 is 12.2 Å². The van der Waals surface area contributed by atoms with Crippen molar-refractivity contribution < 1.29 is 10.2 Å². The molecule has 4 rings (SSSR count). The van der Waals surface area contributed by atoms with Gasteiger partial charge in [0.15, 0.2) is 0 Å². The van der Waals surface area contributed by atoms with Gasteiger partial charge in [0.05, 0.1) is 12.2 Å². The van der Waals surface area contributed by atoms with Crippen LogP contribution >= 0.6 is 0 Å². The molecule has 0 radical (unpaired) electrons. The third-order valence-electron chi connectivity index (χ3n) is 7.36. The first-order chi connectivity index (χ1) is 10.9. The first-order valence-corrected chi connectivity index (χ1v) is 8.72. The van der Waals surface area contributed by atoms with Crippen LogP contribution in [0.5, 0.6) is 0 Å². The van der Waals surface area contributed by atoms with E-state index in [1.54, 1.807) is 0 Å². The van der Waals surface area contributed by atoms with Crippen LogP contribution in [0.1, 0.15) is 45.3 Å². The maximum Gasteiger partial charge on any atom is 0.0851 e. The fourth-order valence-electron chi connectivity index (χ4n) is 5.52. The van der Waals surface area contributed by atoms with Gasteiger partial charge in [0, 0.05) is 5.92 Å². The molecule has 2 saturated carbocycles. The van der Waals surface area contributed by atoms with E-state index in [2.05, 4.69) is 39.0 Å². The predicted octanol–water partition coefficient (Wildman–Crippen LogP) is 4.31. The Kier molecular flexibility index (Phi) is 3.17. The zero-order valence-corrected chi connectivity index (χ0v) is 14.2. The standard InChI is InChI=1S/C21H26O2/c1-20(2)16-11-12-21(20,3)19(23)17(16)18(22)15-10-6-8-13-7-4-5-9-14(13)15/h4-10,16-19,22-23H,11-12H2,1-3H3/t16-,17+,18+,19-,21+/m1/s1. The molecule has 0 heterocycles. The summed E-state index contributed by atoms with van der Waals surface area (Å²) in [5.41, 5.74) is 0.940. The summed E-state index contributed by atoms with van der Waals surface area (Å²) in [6.07, 6.45) is 1.12. The molecule has 0 aliphatic heterocycles. The third kappa shape index (κ3) is 1.82. The summed E-state index contributed by atoms with van der Waals surface area (Å²) in [5, 5.41) is 24.5. The van der Waals surface area contributed by atoms with Crippen LogP contribution in [0.3, 0.4) is 0 Å². The molecule has 0 aromatic heterocycles. The number of hydrogen-bond acceptors (Lipinski definition) is 2. The Morgan fingerprint density at radius 2 is 1.74 bits per heavy atom. The SMILES string of the molecule is CC1(C)[C@@H]2CC[C@@]1(C)[C@H](O)[C@@H]2[C@@H](O)c1cccc2ccccc12. The van der Waals surface area contributed by atoms with Gasteiger partial charge in [-0.3, -0.25) is 0 Å². The summed E-state index contributed by atoms with van der Waals surface area (Å²) in [4.78, 5) is 0. The summed E-state index contributed by atoms with van der Waals surface area (Å²) < 4.78 is 0. The van der Waals surface area contributed by atoms with E-state index in [-0.39, 0.29) is 16.7 Å². The van der Waals surface area contributed by atoms with Gasteiger partial charge in [-0.15, -0.1) is 0 Å². The number of rotatable bonds is 2. The van der Waals surface area contributed by atoms with E-state index in [9.17, 15) is 10.2 Å². The normalized spacial score (nSPS) is 36.5. The molecule has 2 bridgehead atoms. The second-order valence-electron chi connectivity index (χ2n) is 8.32. The average molecular weight is 310 g/mol. The number of aliphatic hydroxyl groups excluding tert-OH is 2. The molecule has 0 spiro atoms. The summed E-state index contributed by atoms with van der Waals surface area (Å²) in [7, 11) is 0. The summed E-state index contributed by atoms with van der Waals surface area (Å²) in [6.45, 7) is 6.74. The van der Waals surface area contributed by atoms with Gasteiger partial charge in [-0.2, -0.15) is 0 Å². The Morgan fingerprint density at radius 3 is 2.43 bits per heavy atom. The maximum absolute atomic E-state index is 11.2. The lowest BCUT2D eigenvalue weighted by atomic mass is 9.70. The molecule has 2 aromatic rings. The second-order valence-corrected chi connectivity index (χ2v) is 8.32. The molecular weight excluding hydrogens is 284 g/mol. The van der Waals surface area contributed by atoms with Gasteiger partial charge in [0.25, 0.3) is 0 Å². The molecule has 0 saturated heterocycles. The minimum Gasteiger partial charge on any atom is -0.392 e. The van der Waals surface area contributed by atoms with Crippen LogP contribution in [0.25, 0.3) is 10.8 Å².